The van der Waals surface area contributed by atoms with E-state index in [-0.39, 0.29) is 23.0 Å². The number of aromatic amines is 2. The number of H-pyrrole nitrogens is 2. The SMILES string of the molecule is Nc1ccc2c(ccc3nc(N)[nH]c(=O)c32)c1.Nc1nc2ccc3cccc(N)c3c2c(=O)[nH]1. The Bertz CT molecular complexity index is 1850. The quantitative estimate of drug-likeness (QED) is 0.149. The highest BCUT2D eigenvalue weighted by molar-refractivity contribution is 6.11. The molecule has 0 aliphatic rings. The Morgan fingerprint density at radius 2 is 1.24 bits per heavy atom. The van der Waals surface area contributed by atoms with Crippen LogP contribution < -0.4 is 34.1 Å². The van der Waals surface area contributed by atoms with Gasteiger partial charge in [-0.2, -0.15) is 0 Å². The van der Waals surface area contributed by atoms with Crippen molar-refractivity contribution in [3.8, 4) is 0 Å². The zero-order valence-electron chi connectivity index (χ0n) is 17.8. The summed E-state index contributed by atoms with van der Waals surface area (Å²) in [5.41, 5.74) is 24.5. The number of anilines is 4. The summed E-state index contributed by atoms with van der Waals surface area (Å²) in [5, 5.41) is 4.39. The molecular formula is C24H20N8O2. The van der Waals surface area contributed by atoms with Gasteiger partial charge >= 0.3 is 0 Å². The van der Waals surface area contributed by atoms with Crippen molar-refractivity contribution in [3.05, 3.63) is 81.4 Å². The standard InChI is InChI=1S/2C12H10N4O/c13-7-2-3-8-6(5-7)1-4-9-10(8)11(17)16-12(14)15-9;13-7-3-1-2-6-4-5-8-10(9(6)7)11(17)16-12(14)15-8/h2*1-5H,13H2,(H3,14,15,16,17). The third-order valence-electron chi connectivity index (χ3n) is 5.50. The number of benzene rings is 4. The van der Waals surface area contributed by atoms with Crippen LogP contribution in [0.1, 0.15) is 0 Å². The fourth-order valence-electron chi connectivity index (χ4n) is 4.06. The van der Waals surface area contributed by atoms with Crippen LogP contribution in [0.2, 0.25) is 0 Å². The number of hydrogen-bond acceptors (Lipinski definition) is 8. The van der Waals surface area contributed by atoms with Crippen LogP contribution in [0.15, 0.2) is 70.3 Å². The second kappa shape index (κ2) is 7.78. The minimum Gasteiger partial charge on any atom is -0.399 e. The third kappa shape index (κ3) is 3.48. The highest BCUT2D eigenvalue weighted by Gasteiger charge is 2.09. The van der Waals surface area contributed by atoms with Crippen LogP contribution >= 0.6 is 0 Å². The Balaban J connectivity index is 0.000000142. The highest BCUT2D eigenvalue weighted by Crippen LogP contribution is 2.27. The van der Waals surface area contributed by atoms with Crippen LogP contribution in [0.4, 0.5) is 23.3 Å². The first-order valence-corrected chi connectivity index (χ1v) is 10.3. The van der Waals surface area contributed by atoms with Crippen LogP contribution in [-0.4, -0.2) is 19.9 Å². The van der Waals surface area contributed by atoms with Gasteiger partial charge in [-0.15, -0.1) is 0 Å². The molecule has 4 aromatic carbocycles. The van der Waals surface area contributed by atoms with E-state index in [0.29, 0.717) is 33.2 Å². The molecule has 0 aliphatic carbocycles. The van der Waals surface area contributed by atoms with Crippen LogP contribution in [0.3, 0.4) is 0 Å². The number of nitrogens with zero attached hydrogens (tertiary/aromatic N) is 2. The maximum absolute atomic E-state index is 11.9. The lowest BCUT2D eigenvalue weighted by atomic mass is 10.0. The first-order chi connectivity index (χ1) is 16.3. The lowest BCUT2D eigenvalue weighted by Gasteiger charge is -2.05. The van der Waals surface area contributed by atoms with Crippen molar-refractivity contribution in [2.24, 2.45) is 0 Å². The van der Waals surface area contributed by atoms with Crippen molar-refractivity contribution >= 4 is 66.6 Å². The largest absolute Gasteiger partial charge is 0.399 e. The molecule has 0 atom stereocenters. The second-order valence-corrected chi connectivity index (χ2v) is 7.75. The van der Waals surface area contributed by atoms with E-state index in [2.05, 4.69) is 19.9 Å². The molecular weight excluding hydrogens is 432 g/mol. The normalized spacial score (nSPS) is 11.1. The van der Waals surface area contributed by atoms with Gasteiger partial charge in [0.2, 0.25) is 11.9 Å². The molecule has 0 bridgehead atoms. The number of nitrogens with one attached hydrogen (secondary N) is 2. The smallest absolute Gasteiger partial charge is 0.260 e. The Hall–Kier alpha value is -5.12. The summed E-state index contributed by atoms with van der Waals surface area (Å²) in [6.45, 7) is 0. The van der Waals surface area contributed by atoms with Crippen LogP contribution in [0, 0.1) is 0 Å². The second-order valence-electron chi connectivity index (χ2n) is 7.75. The molecule has 2 aromatic heterocycles. The van der Waals surface area contributed by atoms with E-state index in [1.165, 1.54) is 0 Å². The molecule has 0 amide bonds. The van der Waals surface area contributed by atoms with Gasteiger partial charge < -0.3 is 22.9 Å². The van der Waals surface area contributed by atoms with Crippen molar-refractivity contribution in [3.63, 3.8) is 0 Å². The zero-order chi connectivity index (χ0) is 24.0. The molecule has 10 N–H and O–H groups in total. The minimum absolute atomic E-state index is 0.108. The summed E-state index contributed by atoms with van der Waals surface area (Å²) in [5.74, 6) is 0.230. The first-order valence-electron chi connectivity index (χ1n) is 10.3. The average molecular weight is 452 g/mol. The van der Waals surface area contributed by atoms with Crippen LogP contribution in [0.25, 0.3) is 43.4 Å². The molecule has 10 heteroatoms. The Morgan fingerprint density at radius 3 is 1.94 bits per heavy atom. The molecule has 0 radical (unpaired) electrons. The van der Waals surface area contributed by atoms with Crippen molar-refractivity contribution in [1.29, 1.82) is 0 Å². The molecule has 0 saturated carbocycles. The number of nitrogen functional groups attached to an aromatic ring is 4. The number of fused-ring (bicyclic) bond motifs is 6. The van der Waals surface area contributed by atoms with Gasteiger partial charge in [0.1, 0.15) is 0 Å². The van der Waals surface area contributed by atoms with Gasteiger partial charge in [-0.25, -0.2) is 9.97 Å². The molecule has 0 unspecified atom stereocenters. The summed E-state index contributed by atoms with van der Waals surface area (Å²) in [7, 11) is 0. The van der Waals surface area contributed by atoms with Crippen molar-refractivity contribution < 1.29 is 0 Å². The Kier molecular flexibility index (Phi) is 4.75. The summed E-state index contributed by atoms with van der Waals surface area (Å²) >= 11 is 0. The zero-order valence-corrected chi connectivity index (χ0v) is 17.8. The van der Waals surface area contributed by atoms with Crippen molar-refractivity contribution in [1.82, 2.24) is 19.9 Å². The van der Waals surface area contributed by atoms with Crippen LogP contribution in [-0.2, 0) is 0 Å². The van der Waals surface area contributed by atoms with Crippen molar-refractivity contribution in [2.75, 3.05) is 22.9 Å². The lowest BCUT2D eigenvalue weighted by molar-refractivity contribution is 1.19. The summed E-state index contributed by atoms with van der Waals surface area (Å²) < 4.78 is 0. The highest BCUT2D eigenvalue weighted by atomic mass is 16.1. The number of rotatable bonds is 0. The Labute approximate surface area is 191 Å². The third-order valence-corrected chi connectivity index (χ3v) is 5.50. The maximum Gasteiger partial charge on any atom is 0.260 e. The van der Waals surface area contributed by atoms with Gasteiger partial charge in [0.15, 0.2) is 0 Å². The molecule has 10 nitrogen and oxygen atoms in total. The monoisotopic (exact) mass is 452 g/mol. The molecule has 34 heavy (non-hydrogen) atoms. The number of nitrogens with two attached hydrogens (primary N) is 4. The average Bonchev–Trinajstić information content (AvgIpc) is 2.78. The molecule has 0 aliphatic heterocycles. The molecule has 0 fully saturated rings. The maximum atomic E-state index is 11.9. The molecule has 6 rings (SSSR count). The minimum atomic E-state index is -0.268. The summed E-state index contributed by atoms with van der Waals surface area (Å²) in [6.07, 6.45) is 0. The predicted molar refractivity (Wildman–Crippen MR) is 137 cm³/mol. The van der Waals surface area contributed by atoms with Gasteiger partial charge in [-0.3, -0.25) is 19.6 Å². The van der Waals surface area contributed by atoms with E-state index in [4.69, 9.17) is 22.9 Å². The predicted octanol–water partition coefficient (Wildman–Crippen LogP) is 2.48. The topological polar surface area (TPSA) is 196 Å². The fraction of sp³-hybridized carbons (Fsp3) is 0. The van der Waals surface area contributed by atoms with E-state index in [1.807, 2.05) is 36.4 Å². The van der Waals surface area contributed by atoms with Crippen molar-refractivity contribution in [2.45, 2.75) is 0 Å². The molecule has 168 valence electrons. The van der Waals surface area contributed by atoms with Gasteiger partial charge in [0.05, 0.1) is 21.8 Å². The van der Waals surface area contributed by atoms with E-state index in [1.54, 1.807) is 24.3 Å². The van der Waals surface area contributed by atoms with E-state index in [0.717, 1.165) is 21.5 Å². The van der Waals surface area contributed by atoms with Gasteiger partial charge in [-0.1, -0.05) is 30.3 Å². The summed E-state index contributed by atoms with van der Waals surface area (Å²) in [6, 6.07) is 18.2. The first kappa shape index (κ1) is 20.8. The van der Waals surface area contributed by atoms with E-state index in [9.17, 15) is 9.59 Å². The molecule has 0 saturated heterocycles. The lowest BCUT2D eigenvalue weighted by Crippen LogP contribution is -2.11. The number of hydrogen-bond donors (Lipinski definition) is 6. The van der Waals surface area contributed by atoms with Gasteiger partial charge in [0.25, 0.3) is 11.1 Å². The van der Waals surface area contributed by atoms with E-state index >= 15 is 0 Å². The fourth-order valence-corrected chi connectivity index (χ4v) is 4.06. The van der Waals surface area contributed by atoms with Crippen LogP contribution in [0.5, 0.6) is 0 Å². The van der Waals surface area contributed by atoms with Gasteiger partial charge in [0, 0.05) is 16.8 Å². The van der Waals surface area contributed by atoms with Gasteiger partial charge in [-0.05, 0) is 46.5 Å². The van der Waals surface area contributed by atoms with E-state index < -0.39 is 0 Å². The Morgan fingerprint density at radius 1 is 0.618 bits per heavy atom. The molecule has 2 heterocycles. The number of aromatic nitrogens is 4. The molecule has 6 aromatic rings. The molecule has 0 spiro atoms. The summed E-state index contributed by atoms with van der Waals surface area (Å²) in [4.78, 5) is 37.0.